The van der Waals surface area contributed by atoms with Crippen LogP contribution in [0.4, 0.5) is 4.39 Å². The molecule has 78 valence electrons. The highest BCUT2D eigenvalue weighted by molar-refractivity contribution is 5.31. The lowest BCUT2D eigenvalue weighted by Crippen LogP contribution is -2.12. The maximum Gasteiger partial charge on any atom is 0.156 e. The number of aromatic nitrogens is 3. The molecule has 0 aliphatic heterocycles. The molecular formula is C10H11FN4. The Morgan fingerprint density at radius 3 is 2.73 bits per heavy atom. The molecule has 0 saturated heterocycles. The summed E-state index contributed by atoms with van der Waals surface area (Å²) >= 11 is 0. The number of hydrogen-bond acceptors (Lipinski definition) is 3. The first-order chi connectivity index (χ1) is 7.33. The van der Waals surface area contributed by atoms with Crippen LogP contribution in [0.5, 0.6) is 0 Å². The predicted molar refractivity (Wildman–Crippen MR) is 54.3 cm³/mol. The van der Waals surface area contributed by atoms with Gasteiger partial charge in [0.05, 0.1) is 11.9 Å². The van der Waals surface area contributed by atoms with Gasteiger partial charge < -0.3 is 5.73 Å². The third-order valence-corrected chi connectivity index (χ3v) is 2.10. The van der Waals surface area contributed by atoms with Crippen LogP contribution < -0.4 is 5.73 Å². The maximum absolute atomic E-state index is 13.4. The zero-order valence-corrected chi connectivity index (χ0v) is 8.05. The Balaban J connectivity index is 2.41. The van der Waals surface area contributed by atoms with Crippen LogP contribution >= 0.6 is 0 Å². The van der Waals surface area contributed by atoms with Crippen LogP contribution in [0.3, 0.4) is 0 Å². The van der Waals surface area contributed by atoms with Crippen molar-refractivity contribution in [3.8, 4) is 5.69 Å². The van der Waals surface area contributed by atoms with E-state index in [-0.39, 0.29) is 6.54 Å². The molecule has 0 radical (unpaired) electrons. The van der Waals surface area contributed by atoms with Crippen molar-refractivity contribution in [1.82, 2.24) is 15.0 Å². The van der Waals surface area contributed by atoms with E-state index < -0.39 is 6.17 Å². The molecule has 1 aromatic heterocycles. The molecule has 0 fully saturated rings. The Kier molecular flexibility index (Phi) is 2.73. The van der Waals surface area contributed by atoms with Gasteiger partial charge in [-0.3, -0.25) is 0 Å². The molecule has 15 heavy (non-hydrogen) atoms. The fourth-order valence-electron chi connectivity index (χ4n) is 1.35. The Morgan fingerprint density at radius 2 is 2.07 bits per heavy atom. The van der Waals surface area contributed by atoms with Crippen LogP contribution in [-0.2, 0) is 0 Å². The van der Waals surface area contributed by atoms with Crippen LogP contribution in [0.2, 0.25) is 0 Å². The first-order valence-electron chi connectivity index (χ1n) is 4.63. The van der Waals surface area contributed by atoms with E-state index >= 15 is 0 Å². The summed E-state index contributed by atoms with van der Waals surface area (Å²) in [5, 5.41) is 7.51. The Bertz CT molecular complexity index is 426. The van der Waals surface area contributed by atoms with Gasteiger partial charge in [-0.25, -0.2) is 9.07 Å². The lowest BCUT2D eigenvalue weighted by Gasteiger charge is -2.07. The topological polar surface area (TPSA) is 56.7 Å². The highest BCUT2D eigenvalue weighted by Crippen LogP contribution is 2.17. The molecule has 5 heteroatoms. The Morgan fingerprint density at radius 1 is 1.33 bits per heavy atom. The highest BCUT2D eigenvalue weighted by Gasteiger charge is 2.14. The van der Waals surface area contributed by atoms with Gasteiger partial charge in [-0.1, -0.05) is 23.4 Å². The van der Waals surface area contributed by atoms with Gasteiger partial charge in [0.25, 0.3) is 0 Å². The number of hydrogen-bond donors (Lipinski definition) is 1. The minimum atomic E-state index is -1.24. The van der Waals surface area contributed by atoms with Crippen LogP contribution in [0, 0.1) is 0 Å². The number of halogens is 1. The van der Waals surface area contributed by atoms with Gasteiger partial charge in [0.2, 0.25) is 0 Å². The van der Waals surface area contributed by atoms with Gasteiger partial charge in [-0.2, -0.15) is 0 Å². The quantitative estimate of drug-likeness (QED) is 0.821. The van der Waals surface area contributed by atoms with E-state index in [2.05, 4.69) is 10.3 Å². The fraction of sp³-hybridized carbons (Fsp3) is 0.200. The van der Waals surface area contributed by atoms with Crippen molar-refractivity contribution >= 4 is 0 Å². The smallest absolute Gasteiger partial charge is 0.156 e. The van der Waals surface area contributed by atoms with Crippen molar-refractivity contribution in [2.45, 2.75) is 6.17 Å². The Hall–Kier alpha value is -1.75. The summed E-state index contributed by atoms with van der Waals surface area (Å²) in [6, 6.07) is 9.27. The van der Waals surface area contributed by atoms with Crippen molar-refractivity contribution < 1.29 is 4.39 Å². The molecule has 2 N–H and O–H groups in total. The zero-order valence-electron chi connectivity index (χ0n) is 8.05. The maximum atomic E-state index is 13.4. The standard InChI is InChI=1S/C10H11FN4/c11-9(6-12)10-7-13-14-15(10)8-4-2-1-3-5-8/h1-5,7,9H,6,12H2. The molecule has 1 unspecified atom stereocenters. The van der Waals surface area contributed by atoms with Gasteiger partial charge in [0.15, 0.2) is 6.17 Å². The number of para-hydroxylation sites is 1. The van der Waals surface area contributed by atoms with Crippen molar-refractivity contribution in [2.75, 3.05) is 6.54 Å². The summed E-state index contributed by atoms with van der Waals surface area (Å²) in [7, 11) is 0. The summed E-state index contributed by atoms with van der Waals surface area (Å²) in [6.45, 7) is -0.0692. The van der Waals surface area contributed by atoms with E-state index in [9.17, 15) is 4.39 Å². The molecule has 1 aromatic carbocycles. The third kappa shape index (κ3) is 1.87. The summed E-state index contributed by atoms with van der Waals surface area (Å²) in [6.07, 6.45) is 0.157. The predicted octanol–water partition coefficient (Wildman–Crippen LogP) is 1.24. The summed E-state index contributed by atoms with van der Waals surface area (Å²) in [4.78, 5) is 0. The van der Waals surface area contributed by atoms with Crippen molar-refractivity contribution in [3.63, 3.8) is 0 Å². The number of alkyl halides is 1. The highest BCUT2D eigenvalue weighted by atomic mass is 19.1. The van der Waals surface area contributed by atoms with Gasteiger partial charge in [0.1, 0.15) is 5.69 Å². The first-order valence-corrected chi connectivity index (χ1v) is 4.63. The second-order valence-electron chi connectivity index (χ2n) is 3.11. The van der Waals surface area contributed by atoms with Crippen molar-refractivity contribution in [2.24, 2.45) is 5.73 Å². The zero-order chi connectivity index (χ0) is 10.7. The van der Waals surface area contributed by atoms with Crippen molar-refractivity contribution in [1.29, 1.82) is 0 Å². The van der Waals surface area contributed by atoms with E-state index in [4.69, 9.17) is 5.73 Å². The van der Waals surface area contributed by atoms with Crippen LogP contribution in [0.15, 0.2) is 36.5 Å². The molecule has 4 nitrogen and oxygen atoms in total. The molecular weight excluding hydrogens is 195 g/mol. The summed E-state index contributed by atoms with van der Waals surface area (Å²) in [5.41, 5.74) is 6.42. The molecule has 0 amide bonds. The molecule has 1 heterocycles. The van der Waals surface area contributed by atoms with E-state index in [1.165, 1.54) is 10.9 Å². The normalized spacial score (nSPS) is 12.7. The summed E-state index contributed by atoms with van der Waals surface area (Å²) < 4.78 is 14.9. The molecule has 0 aliphatic carbocycles. The average molecular weight is 206 g/mol. The number of nitrogens with zero attached hydrogens (tertiary/aromatic N) is 3. The average Bonchev–Trinajstić information content (AvgIpc) is 2.78. The van der Waals surface area contributed by atoms with Crippen LogP contribution in [0.25, 0.3) is 5.69 Å². The van der Waals surface area contributed by atoms with E-state index in [1.807, 2.05) is 30.3 Å². The van der Waals surface area contributed by atoms with E-state index in [0.29, 0.717) is 5.69 Å². The molecule has 0 saturated carbocycles. The molecule has 0 aliphatic rings. The van der Waals surface area contributed by atoms with Gasteiger partial charge in [-0.15, -0.1) is 5.10 Å². The number of nitrogens with two attached hydrogens (primary N) is 1. The summed E-state index contributed by atoms with van der Waals surface area (Å²) in [5.74, 6) is 0. The van der Waals surface area contributed by atoms with Crippen LogP contribution in [0.1, 0.15) is 11.9 Å². The van der Waals surface area contributed by atoms with Gasteiger partial charge >= 0.3 is 0 Å². The van der Waals surface area contributed by atoms with Crippen molar-refractivity contribution in [3.05, 3.63) is 42.2 Å². The second kappa shape index (κ2) is 4.18. The lowest BCUT2D eigenvalue weighted by atomic mass is 10.2. The SMILES string of the molecule is NCC(F)c1cnnn1-c1ccccc1. The Labute approximate surface area is 86.5 Å². The molecule has 2 aromatic rings. The fourth-order valence-corrected chi connectivity index (χ4v) is 1.35. The first kappa shape index (κ1) is 9.79. The second-order valence-corrected chi connectivity index (χ2v) is 3.11. The van der Waals surface area contributed by atoms with E-state index in [0.717, 1.165) is 5.69 Å². The molecule has 1 atom stereocenters. The monoisotopic (exact) mass is 206 g/mol. The third-order valence-electron chi connectivity index (χ3n) is 2.10. The van der Waals surface area contributed by atoms with Gasteiger partial charge in [-0.05, 0) is 12.1 Å². The molecule has 0 spiro atoms. The lowest BCUT2D eigenvalue weighted by molar-refractivity contribution is 0.338. The molecule has 2 rings (SSSR count). The minimum absolute atomic E-state index is 0.0692. The van der Waals surface area contributed by atoms with E-state index in [1.54, 1.807) is 0 Å². The van der Waals surface area contributed by atoms with Gasteiger partial charge in [0, 0.05) is 6.54 Å². The largest absolute Gasteiger partial charge is 0.327 e. The van der Waals surface area contributed by atoms with Crippen LogP contribution in [-0.4, -0.2) is 21.5 Å². The number of rotatable bonds is 3. The minimum Gasteiger partial charge on any atom is -0.327 e. The number of benzene rings is 1. The molecule has 0 bridgehead atoms.